The first-order valence-electron chi connectivity index (χ1n) is 8.48. The molecule has 0 heterocycles. The highest BCUT2D eigenvalue weighted by atomic mass is 127. The molecule has 4 N–H and O–H groups in total. The van der Waals surface area contributed by atoms with Crippen LogP contribution in [0.15, 0.2) is 4.99 Å². The zero-order chi connectivity index (χ0) is 19.3. The van der Waals surface area contributed by atoms with Gasteiger partial charge < -0.3 is 20.7 Å². The summed E-state index contributed by atoms with van der Waals surface area (Å²) < 4.78 is 30.2. The van der Waals surface area contributed by atoms with Crippen molar-refractivity contribution in [2.75, 3.05) is 39.0 Å². The Hall–Kier alpha value is -0.820. The molecule has 0 spiro atoms. The Labute approximate surface area is 174 Å². The van der Waals surface area contributed by atoms with E-state index in [4.69, 9.17) is 4.74 Å². The summed E-state index contributed by atoms with van der Waals surface area (Å²) in [6.45, 7) is 9.17. The fourth-order valence-electron chi connectivity index (χ4n) is 1.65. The molecule has 0 bridgehead atoms. The van der Waals surface area contributed by atoms with Crippen LogP contribution in [-0.2, 0) is 14.8 Å². The molecule has 9 nitrogen and oxygen atoms in total. The molecule has 0 radical (unpaired) electrons. The van der Waals surface area contributed by atoms with Gasteiger partial charge in [-0.25, -0.2) is 17.9 Å². The standard InChI is InChI=1S/C15H33N5O4S.HI/c1-6-25(22,23)20-12-8-10-18-13(16-5)17-9-7-11-19-14(21)24-15(2,3)4;/h20H,6-12H2,1-5H3,(H,19,21)(H2,16,17,18);1H. The predicted molar refractivity (Wildman–Crippen MR) is 116 cm³/mol. The number of guanidine groups is 1. The van der Waals surface area contributed by atoms with Crippen LogP contribution >= 0.6 is 24.0 Å². The van der Waals surface area contributed by atoms with Crippen LogP contribution in [0, 0.1) is 0 Å². The van der Waals surface area contributed by atoms with Crippen molar-refractivity contribution in [3.63, 3.8) is 0 Å². The SMILES string of the molecule is CCS(=O)(=O)NCCCNC(=NC)NCCCNC(=O)OC(C)(C)C.I. The number of hydrogen-bond donors (Lipinski definition) is 4. The van der Waals surface area contributed by atoms with Crippen LogP contribution in [0.25, 0.3) is 0 Å². The Bertz CT molecular complexity index is 521. The molecular formula is C15H34IN5O4S. The number of alkyl carbamates (subject to hydrolysis) is 1. The lowest BCUT2D eigenvalue weighted by Gasteiger charge is -2.19. The molecule has 0 rings (SSSR count). The lowest BCUT2D eigenvalue weighted by Crippen LogP contribution is -2.40. The number of nitrogens with one attached hydrogen (secondary N) is 4. The van der Waals surface area contributed by atoms with Gasteiger partial charge >= 0.3 is 6.09 Å². The molecule has 0 unspecified atom stereocenters. The number of carbonyl (C=O) groups excluding carboxylic acids is 1. The number of halogens is 1. The first-order chi connectivity index (χ1) is 11.6. The number of ether oxygens (including phenoxy) is 1. The van der Waals surface area contributed by atoms with E-state index >= 15 is 0 Å². The van der Waals surface area contributed by atoms with Crippen LogP contribution in [0.4, 0.5) is 4.79 Å². The van der Waals surface area contributed by atoms with Crippen molar-refractivity contribution in [1.29, 1.82) is 0 Å². The van der Waals surface area contributed by atoms with Gasteiger partial charge in [0.15, 0.2) is 5.96 Å². The molecule has 0 aliphatic carbocycles. The van der Waals surface area contributed by atoms with E-state index in [1.54, 1.807) is 14.0 Å². The van der Waals surface area contributed by atoms with Gasteiger partial charge in [0.05, 0.1) is 5.75 Å². The van der Waals surface area contributed by atoms with E-state index < -0.39 is 21.7 Å². The average Bonchev–Trinajstić information content (AvgIpc) is 2.50. The summed E-state index contributed by atoms with van der Waals surface area (Å²) in [7, 11) is -1.47. The topological polar surface area (TPSA) is 121 Å². The molecule has 0 aliphatic rings. The average molecular weight is 507 g/mol. The van der Waals surface area contributed by atoms with Crippen LogP contribution < -0.4 is 20.7 Å². The van der Waals surface area contributed by atoms with Gasteiger partial charge in [-0.2, -0.15) is 0 Å². The highest BCUT2D eigenvalue weighted by Crippen LogP contribution is 2.06. The zero-order valence-electron chi connectivity index (χ0n) is 16.3. The highest BCUT2D eigenvalue weighted by Gasteiger charge is 2.15. The maximum Gasteiger partial charge on any atom is 0.407 e. The van der Waals surface area contributed by atoms with Gasteiger partial charge in [0.25, 0.3) is 0 Å². The molecule has 26 heavy (non-hydrogen) atoms. The third kappa shape index (κ3) is 16.6. The minimum atomic E-state index is -3.13. The molecule has 0 aromatic carbocycles. The Kier molecular flexibility index (Phi) is 15.0. The molecule has 11 heteroatoms. The Morgan fingerprint density at radius 3 is 1.96 bits per heavy atom. The van der Waals surface area contributed by atoms with Gasteiger partial charge in [-0.3, -0.25) is 4.99 Å². The molecule has 0 saturated heterocycles. The number of carbonyl (C=O) groups is 1. The van der Waals surface area contributed by atoms with Crippen LogP contribution in [0.2, 0.25) is 0 Å². The van der Waals surface area contributed by atoms with Gasteiger partial charge in [-0.05, 0) is 40.5 Å². The second-order valence-electron chi connectivity index (χ2n) is 6.36. The van der Waals surface area contributed by atoms with E-state index in [9.17, 15) is 13.2 Å². The zero-order valence-corrected chi connectivity index (χ0v) is 19.5. The normalized spacial score (nSPS) is 12.1. The smallest absolute Gasteiger partial charge is 0.407 e. The summed E-state index contributed by atoms with van der Waals surface area (Å²) >= 11 is 0. The first kappa shape index (κ1) is 27.4. The molecule has 1 amide bonds. The summed E-state index contributed by atoms with van der Waals surface area (Å²) in [5, 5.41) is 8.90. The predicted octanol–water partition coefficient (Wildman–Crippen LogP) is 1.01. The van der Waals surface area contributed by atoms with E-state index in [-0.39, 0.29) is 29.7 Å². The first-order valence-corrected chi connectivity index (χ1v) is 10.1. The summed E-state index contributed by atoms with van der Waals surface area (Å²) in [5.74, 6) is 0.719. The third-order valence-electron chi connectivity index (χ3n) is 2.89. The molecule has 0 saturated carbocycles. The minimum absolute atomic E-state index is 0. The number of hydrogen-bond acceptors (Lipinski definition) is 5. The van der Waals surface area contributed by atoms with Crippen LogP contribution in [0.1, 0.15) is 40.5 Å². The molecule has 156 valence electrons. The summed E-state index contributed by atoms with van der Waals surface area (Å²) in [5.41, 5.74) is -0.500. The van der Waals surface area contributed by atoms with Crippen LogP contribution in [0.5, 0.6) is 0 Å². The maximum absolute atomic E-state index is 11.5. The number of nitrogens with zero attached hydrogens (tertiary/aromatic N) is 1. The molecule has 0 aromatic rings. The molecule has 0 fully saturated rings. The van der Waals surface area contributed by atoms with Crippen LogP contribution in [0.3, 0.4) is 0 Å². The van der Waals surface area contributed by atoms with E-state index in [2.05, 4.69) is 25.7 Å². The highest BCUT2D eigenvalue weighted by molar-refractivity contribution is 14.0. The summed E-state index contributed by atoms with van der Waals surface area (Å²) in [6, 6.07) is 0. The van der Waals surface area contributed by atoms with Crippen molar-refractivity contribution >= 4 is 46.1 Å². The van der Waals surface area contributed by atoms with Crippen molar-refractivity contribution in [1.82, 2.24) is 20.7 Å². The van der Waals surface area contributed by atoms with Gasteiger partial charge in [-0.15, -0.1) is 24.0 Å². The third-order valence-corrected chi connectivity index (χ3v) is 4.29. The maximum atomic E-state index is 11.5. The number of rotatable bonds is 10. The van der Waals surface area contributed by atoms with E-state index in [1.807, 2.05) is 20.8 Å². The number of amides is 1. The van der Waals surface area contributed by atoms with E-state index in [0.717, 1.165) is 6.42 Å². The largest absolute Gasteiger partial charge is 0.444 e. The summed E-state index contributed by atoms with van der Waals surface area (Å²) in [4.78, 5) is 15.5. The lowest BCUT2D eigenvalue weighted by atomic mass is 10.2. The number of sulfonamides is 1. The van der Waals surface area contributed by atoms with Crippen molar-refractivity contribution in [3.05, 3.63) is 0 Å². The van der Waals surface area contributed by atoms with Gasteiger partial charge in [0, 0.05) is 33.2 Å². The lowest BCUT2D eigenvalue weighted by molar-refractivity contribution is 0.0527. The second-order valence-corrected chi connectivity index (χ2v) is 8.45. The summed E-state index contributed by atoms with van der Waals surface area (Å²) in [6.07, 6.45) is 0.945. The fraction of sp³-hybridized carbons (Fsp3) is 0.867. The van der Waals surface area contributed by atoms with Crippen LogP contribution in [-0.4, -0.2) is 65.1 Å². The van der Waals surface area contributed by atoms with Gasteiger partial charge in [-0.1, -0.05) is 0 Å². The second kappa shape index (κ2) is 14.3. The van der Waals surface area contributed by atoms with Crippen molar-refractivity contribution in [2.45, 2.75) is 46.1 Å². The quantitative estimate of drug-likeness (QED) is 0.152. The minimum Gasteiger partial charge on any atom is -0.444 e. The van der Waals surface area contributed by atoms with Crippen molar-refractivity contribution in [2.24, 2.45) is 4.99 Å². The Balaban J connectivity index is 0. The van der Waals surface area contributed by atoms with Gasteiger partial charge in [0.1, 0.15) is 5.60 Å². The molecule has 0 aliphatic heterocycles. The van der Waals surface area contributed by atoms with Crippen molar-refractivity contribution < 1.29 is 17.9 Å². The molecule has 0 atom stereocenters. The van der Waals surface area contributed by atoms with E-state index in [1.165, 1.54) is 0 Å². The van der Waals surface area contributed by atoms with Gasteiger partial charge in [0.2, 0.25) is 10.0 Å². The monoisotopic (exact) mass is 507 g/mol. The number of aliphatic imine (C=N–C) groups is 1. The molecule has 0 aromatic heterocycles. The molecular weight excluding hydrogens is 473 g/mol. The van der Waals surface area contributed by atoms with E-state index in [0.29, 0.717) is 38.6 Å². The van der Waals surface area contributed by atoms with Crippen molar-refractivity contribution in [3.8, 4) is 0 Å². The Morgan fingerprint density at radius 2 is 1.50 bits per heavy atom. The Morgan fingerprint density at radius 1 is 1.00 bits per heavy atom. The fourth-order valence-corrected chi connectivity index (χ4v) is 2.30.